The van der Waals surface area contributed by atoms with E-state index in [1.807, 2.05) is 18.2 Å². The monoisotopic (exact) mass is 336 g/mol. The summed E-state index contributed by atoms with van der Waals surface area (Å²) >= 11 is 0. The SMILES string of the molecule is CCc1ccc(/C=C2/Oc3cc(N)ccc3N(CC(C)C)C2=O)cc1. The van der Waals surface area contributed by atoms with Gasteiger partial charge in [-0.3, -0.25) is 4.79 Å². The topological polar surface area (TPSA) is 55.6 Å². The highest BCUT2D eigenvalue weighted by Crippen LogP contribution is 2.37. The molecule has 0 aromatic heterocycles. The van der Waals surface area contributed by atoms with Gasteiger partial charge in [-0.05, 0) is 41.7 Å². The van der Waals surface area contributed by atoms with Crippen LogP contribution in [0.5, 0.6) is 5.75 Å². The van der Waals surface area contributed by atoms with Crippen molar-refractivity contribution in [3.8, 4) is 5.75 Å². The molecular formula is C21H24N2O2. The Morgan fingerprint density at radius 1 is 1.16 bits per heavy atom. The van der Waals surface area contributed by atoms with Crippen molar-refractivity contribution in [3.63, 3.8) is 0 Å². The lowest BCUT2D eigenvalue weighted by Crippen LogP contribution is -2.39. The third-order valence-electron chi connectivity index (χ3n) is 4.18. The largest absolute Gasteiger partial charge is 0.449 e. The van der Waals surface area contributed by atoms with Gasteiger partial charge in [0, 0.05) is 18.3 Å². The number of rotatable bonds is 4. The van der Waals surface area contributed by atoms with Crippen molar-refractivity contribution >= 4 is 23.4 Å². The minimum absolute atomic E-state index is 0.120. The number of aryl methyl sites for hydroxylation is 1. The maximum atomic E-state index is 12.9. The number of benzene rings is 2. The van der Waals surface area contributed by atoms with Gasteiger partial charge in [0.05, 0.1) is 5.69 Å². The van der Waals surface area contributed by atoms with Crippen molar-refractivity contribution in [1.29, 1.82) is 0 Å². The summed E-state index contributed by atoms with van der Waals surface area (Å²) in [6.07, 6.45) is 2.78. The van der Waals surface area contributed by atoms with Crippen molar-refractivity contribution in [2.75, 3.05) is 17.2 Å². The lowest BCUT2D eigenvalue weighted by atomic mass is 10.1. The van der Waals surface area contributed by atoms with Crippen LogP contribution in [0, 0.1) is 5.92 Å². The number of nitrogens with zero attached hydrogens (tertiary/aromatic N) is 1. The predicted molar refractivity (Wildman–Crippen MR) is 102 cm³/mol. The van der Waals surface area contributed by atoms with Crippen molar-refractivity contribution in [3.05, 3.63) is 59.4 Å². The molecule has 1 aliphatic heterocycles. The molecule has 4 nitrogen and oxygen atoms in total. The van der Waals surface area contributed by atoms with Gasteiger partial charge in [0.1, 0.15) is 0 Å². The summed E-state index contributed by atoms with van der Waals surface area (Å²) in [5.74, 6) is 1.17. The zero-order chi connectivity index (χ0) is 18.0. The van der Waals surface area contributed by atoms with Gasteiger partial charge < -0.3 is 15.4 Å². The summed E-state index contributed by atoms with van der Waals surface area (Å²) in [5.41, 5.74) is 9.48. The Kier molecular flexibility index (Phi) is 4.79. The van der Waals surface area contributed by atoms with E-state index in [-0.39, 0.29) is 5.91 Å². The van der Waals surface area contributed by atoms with Gasteiger partial charge in [-0.1, -0.05) is 45.0 Å². The van der Waals surface area contributed by atoms with E-state index < -0.39 is 0 Å². The van der Waals surface area contributed by atoms with E-state index in [0.717, 1.165) is 17.7 Å². The molecule has 25 heavy (non-hydrogen) atoms. The van der Waals surface area contributed by atoms with Crippen molar-refractivity contribution < 1.29 is 9.53 Å². The standard InChI is InChI=1S/C21H24N2O2/c1-4-15-5-7-16(8-6-15)11-20-21(24)23(13-14(2)3)18-10-9-17(22)12-19(18)25-20/h5-12,14H,4,13,22H2,1-3H3/b20-11+. The van der Waals surface area contributed by atoms with E-state index in [4.69, 9.17) is 10.5 Å². The van der Waals surface area contributed by atoms with Gasteiger partial charge in [-0.2, -0.15) is 0 Å². The molecule has 1 heterocycles. The first-order valence-corrected chi connectivity index (χ1v) is 8.67. The fraction of sp³-hybridized carbons (Fsp3) is 0.286. The van der Waals surface area contributed by atoms with E-state index in [1.165, 1.54) is 5.56 Å². The molecule has 0 aliphatic carbocycles. The normalized spacial score (nSPS) is 15.4. The summed E-state index contributed by atoms with van der Waals surface area (Å²) in [6, 6.07) is 13.5. The minimum Gasteiger partial charge on any atom is -0.449 e. The number of hydrogen-bond acceptors (Lipinski definition) is 3. The molecule has 0 spiro atoms. The molecule has 1 amide bonds. The van der Waals surface area contributed by atoms with Crippen LogP contribution in [-0.2, 0) is 11.2 Å². The molecule has 0 saturated heterocycles. The van der Waals surface area contributed by atoms with E-state index in [2.05, 4.69) is 32.9 Å². The summed E-state index contributed by atoms with van der Waals surface area (Å²) in [7, 11) is 0. The van der Waals surface area contributed by atoms with Gasteiger partial charge in [0.15, 0.2) is 11.5 Å². The third kappa shape index (κ3) is 3.68. The van der Waals surface area contributed by atoms with Crippen LogP contribution < -0.4 is 15.4 Å². The van der Waals surface area contributed by atoms with Crippen LogP contribution >= 0.6 is 0 Å². The summed E-state index contributed by atoms with van der Waals surface area (Å²) in [4.78, 5) is 14.7. The Morgan fingerprint density at radius 3 is 2.52 bits per heavy atom. The predicted octanol–water partition coefficient (Wildman–Crippen LogP) is 4.25. The fourth-order valence-electron chi connectivity index (χ4n) is 2.88. The molecule has 0 unspecified atom stereocenters. The Morgan fingerprint density at radius 2 is 1.88 bits per heavy atom. The maximum Gasteiger partial charge on any atom is 0.294 e. The molecule has 0 bridgehead atoms. The molecule has 3 rings (SSSR count). The van der Waals surface area contributed by atoms with Crippen molar-refractivity contribution in [2.45, 2.75) is 27.2 Å². The number of ether oxygens (including phenoxy) is 1. The second kappa shape index (κ2) is 7.01. The molecule has 0 atom stereocenters. The average Bonchev–Trinajstić information content (AvgIpc) is 2.59. The number of fused-ring (bicyclic) bond motifs is 1. The average molecular weight is 336 g/mol. The molecule has 1 aliphatic rings. The first-order chi connectivity index (χ1) is 12.0. The lowest BCUT2D eigenvalue weighted by Gasteiger charge is -2.31. The summed E-state index contributed by atoms with van der Waals surface area (Å²) < 4.78 is 5.89. The zero-order valence-electron chi connectivity index (χ0n) is 15.0. The number of anilines is 2. The molecule has 2 aromatic carbocycles. The second-order valence-electron chi connectivity index (χ2n) is 6.74. The summed E-state index contributed by atoms with van der Waals surface area (Å²) in [6.45, 7) is 6.93. The summed E-state index contributed by atoms with van der Waals surface area (Å²) in [5, 5.41) is 0. The van der Waals surface area contributed by atoms with Crippen LogP contribution in [0.3, 0.4) is 0 Å². The Hall–Kier alpha value is -2.75. The highest BCUT2D eigenvalue weighted by atomic mass is 16.5. The van der Waals surface area contributed by atoms with Gasteiger partial charge in [0.2, 0.25) is 0 Å². The van der Waals surface area contributed by atoms with E-state index in [9.17, 15) is 4.79 Å². The fourth-order valence-corrected chi connectivity index (χ4v) is 2.88. The molecule has 2 N–H and O–H groups in total. The number of nitrogens with two attached hydrogens (primary N) is 1. The molecule has 0 radical (unpaired) electrons. The first kappa shape index (κ1) is 17.1. The number of carbonyl (C=O) groups is 1. The lowest BCUT2D eigenvalue weighted by molar-refractivity contribution is -0.117. The molecule has 130 valence electrons. The Labute approximate surface area is 148 Å². The molecule has 4 heteroatoms. The second-order valence-corrected chi connectivity index (χ2v) is 6.74. The van der Waals surface area contributed by atoms with E-state index in [1.54, 1.807) is 23.1 Å². The number of nitrogen functional groups attached to an aromatic ring is 1. The van der Waals surface area contributed by atoms with Crippen molar-refractivity contribution in [1.82, 2.24) is 0 Å². The van der Waals surface area contributed by atoms with Crippen LogP contribution in [0.25, 0.3) is 6.08 Å². The molecule has 0 saturated carbocycles. The van der Waals surface area contributed by atoms with Crippen LogP contribution in [0.2, 0.25) is 0 Å². The number of hydrogen-bond donors (Lipinski definition) is 1. The van der Waals surface area contributed by atoms with Crippen LogP contribution in [0.4, 0.5) is 11.4 Å². The Bertz CT molecular complexity index is 807. The van der Waals surface area contributed by atoms with Crippen LogP contribution in [0.15, 0.2) is 48.2 Å². The smallest absolute Gasteiger partial charge is 0.294 e. The van der Waals surface area contributed by atoms with Gasteiger partial charge in [-0.15, -0.1) is 0 Å². The number of amides is 1. The van der Waals surface area contributed by atoms with Gasteiger partial charge in [-0.25, -0.2) is 0 Å². The maximum absolute atomic E-state index is 12.9. The zero-order valence-corrected chi connectivity index (χ0v) is 15.0. The van der Waals surface area contributed by atoms with Crippen LogP contribution in [0.1, 0.15) is 31.9 Å². The molecule has 0 fully saturated rings. The molecule has 2 aromatic rings. The minimum atomic E-state index is -0.120. The first-order valence-electron chi connectivity index (χ1n) is 8.67. The highest BCUT2D eigenvalue weighted by molar-refractivity contribution is 6.10. The quantitative estimate of drug-likeness (QED) is 0.670. The van der Waals surface area contributed by atoms with Crippen LogP contribution in [-0.4, -0.2) is 12.5 Å². The van der Waals surface area contributed by atoms with Gasteiger partial charge in [0.25, 0.3) is 5.91 Å². The van der Waals surface area contributed by atoms with Crippen molar-refractivity contribution in [2.24, 2.45) is 5.92 Å². The van der Waals surface area contributed by atoms with Gasteiger partial charge >= 0.3 is 0 Å². The van der Waals surface area contributed by atoms with E-state index >= 15 is 0 Å². The highest BCUT2D eigenvalue weighted by Gasteiger charge is 2.30. The molecular weight excluding hydrogens is 312 g/mol. The van der Waals surface area contributed by atoms with E-state index in [0.29, 0.717) is 29.7 Å². The number of carbonyl (C=O) groups excluding carboxylic acids is 1. The Balaban J connectivity index is 2.00. The third-order valence-corrected chi connectivity index (χ3v) is 4.18.